The van der Waals surface area contributed by atoms with Gasteiger partial charge in [-0.1, -0.05) is 25.3 Å². The van der Waals surface area contributed by atoms with Gasteiger partial charge in [0.05, 0.1) is 10.6 Å². The highest BCUT2D eigenvalue weighted by Gasteiger charge is 2.23. The van der Waals surface area contributed by atoms with E-state index >= 15 is 0 Å². The Hall–Kier alpha value is -0.710. The van der Waals surface area contributed by atoms with E-state index in [1.807, 2.05) is 11.3 Å². The molecule has 2 N–H and O–H groups in total. The lowest BCUT2D eigenvalue weighted by Gasteiger charge is -2.20. The molecule has 0 spiro atoms. The van der Waals surface area contributed by atoms with Gasteiger partial charge in [-0.2, -0.15) is 0 Å². The van der Waals surface area contributed by atoms with Gasteiger partial charge in [-0.15, -0.1) is 22.7 Å². The Kier molecular flexibility index (Phi) is 3.77. The highest BCUT2D eigenvalue weighted by atomic mass is 32.1. The molecule has 3 rings (SSSR count). The summed E-state index contributed by atoms with van der Waals surface area (Å²) in [6, 6.07) is 4.28. The lowest BCUT2D eigenvalue weighted by atomic mass is 9.87. The van der Waals surface area contributed by atoms with E-state index in [1.54, 1.807) is 11.3 Å². The molecule has 18 heavy (non-hydrogen) atoms. The fourth-order valence-electron chi connectivity index (χ4n) is 2.70. The normalized spacial score (nSPS) is 17.2. The Labute approximate surface area is 116 Å². The van der Waals surface area contributed by atoms with Crippen molar-refractivity contribution in [1.82, 2.24) is 4.98 Å². The molecule has 0 bridgehead atoms. The molecule has 4 heteroatoms. The topological polar surface area (TPSA) is 38.9 Å². The Morgan fingerprint density at radius 1 is 1.28 bits per heavy atom. The van der Waals surface area contributed by atoms with Crippen LogP contribution in [0, 0.1) is 0 Å². The van der Waals surface area contributed by atoms with Gasteiger partial charge in [-0.05, 0) is 30.2 Å². The lowest BCUT2D eigenvalue weighted by molar-refractivity contribution is 0.448. The summed E-state index contributed by atoms with van der Waals surface area (Å²) < 4.78 is 0. The van der Waals surface area contributed by atoms with E-state index in [9.17, 15) is 0 Å². The van der Waals surface area contributed by atoms with Crippen molar-refractivity contribution < 1.29 is 0 Å². The molecule has 1 saturated carbocycles. The Bertz CT molecular complexity index is 496. The molecular formula is C14H18N2S2. The van der Waals surface area contributed by atoms with Crippen molar-refractivity contribution in [2.75, 3.05) is 0 Å². The highest BCUT2D eigenvalue weighted by Crippen LogP contribution is 2.42. The average Bonchev–Trinajstić information content (AvgIpc) is 3.08. The van der Waals surface area contributed by atoms with Gasteiger partial charge in [0.2, 0.25) is 0 Å². The van der Waals surface area contributed by atoms with Gasteiger partial charge in [0.15, 0.2) is 0 Å². The molecular weight excluding hydrogens is 260 g/mol. The number of aromatic nitrogens is 1. The van der Waals surface area contributed by atoms with Crippen molar-refractivity contribution in [1.29, 1.82) is 0 Å². The third-order valence-electron chi connectivity index (χ3n) is 3.60. The first kappa shape index (κ1) is 12.3. The van der Waals surface area contributed by atoms with Gasteiger partial charge < -0.3 is 5.73 Å². The summed E-state index contributed by atoms with van der Waals surface area (Å²) in [4.78, 5) is 7.53. The summed E-state index contributed by atoms with van der Waals surface area (Å²) in [6.07, 6.45) is 6.78. The van der Waals surface area contributed by atoms with E-state index in [1.165, 1.54) is 47.6 Å². The van der Waals surface area contributed by atoms with Crippen LogP contribution >= 0.6 is 22.7 Å². The minimum atomic E-state index is 0.565. The Balaban J connectivity index is 1.98. The van der Waals surface area contributed by atoms with E-state index < -0.39 is 0 Å². The van der Waals surface area contributed by atoms with Crippen molar-refractivity contribution in [3.8, 4) is 10.6 Å². The van der Waals surface area contributed by atoms with Gasteiger partial charge in [-0.3, -0.25) is 0 Å². The van der Waals surface area contributed by atoms with E-state index in [2.05, 4.69) is 17.5 Å². The zero-order valence-corrected chi connectivity index (χ0v) is 12.0. The quantitative estimate of drug-likeness (QED) is 0.905. The number of hydrogen-bond acceptors (Lipinski definition) is 4. The van der Waals surface area contributed by atoms with Crippen molar-refractivity contribution in [2.24, 2.45) is 5.73 Å². The molecule has 2 heterocycles. The second-order valence-corrected chi connectivity index (χ2v) is 6.90. The maximum absolute atomic E-state index is 5.77. The maximum atomic E-state index is 5.77. The first-order valence-corrected chi connectivity index (χ1v) is 8.31. The number of nitrogens with two attached hydrogens (primary N) is 1. The molecule has 0 aromatic carbocycles. The molecule has 0 saturated heterocycles. The van der Waals surface area contributed by atoms with Crippen molar-refractivity contribution >= 4 is 22.7 Å². The van der Waals surface area contributed by atoms with Crippen LogP contribution in [-0.4, -0.2) is 4.98 Å². The zero-order chi connectivity index (χ0) is 12.4. The fraction of sp³-hybridized carbons (Fsp3) is 0.500. The molecule has 0 aliphatic heterocycles. The predicted molar refractivity (Wildman–Crippen MR) is 79.1 cm³/mol. The molecule has 2 aromatic heterocycles. The minimum absolute atomic E-state index is 0.565. The number of thiazole rings is 1. The number of hydrogen-bond donors (Lipinski definition) is 1. The van der Waals surface area contributed by atoms with Gasteiger partial charge in [0, 0.05) is 11.4 Å². The van der Waals surface area contributed by atoms with Crippen LogP contribution in [0.1, 0.15) is 47.9 Å². The second kappa shape index (κ2) is 5.51. The van der Waals surface area contributed by atoms with E-state index in [0.29, 0.717) is 12.5 Å². The summed E-state index contributed by atoms with van der Waals surface area (Å²) in [5.41, 5.74) is 6.98. The maximum Gasteiger partial charge on any atom is 0.107 e. The third kappa shape index (κ3) is 2.37. The monoisotopic (exact) mass is 278 g/mol. The molecule has 1 aliphatic carbocycles. The second-order valence-electron chi connectivity index (χ2n) is 4.84. The molecule has 1 fully saturated rings. The molecule has 1 aliphatic rings. The summed E-state index contributed by atoms with van der Waals surface area (Å²) in [5, 5.41) is 3.21. The smallest absolute Gasteiger partial charge is 0.107 e. The molecule has 0 unspecified atom stereocenters. The highest BCUT2D eigenvalue weighted by molar-refractivity contribution is 7.15. The molecule has 2 nitrogen and oxygen atoms in total. The standard InChI is InChI=1S/C14H18N2S2/c15-9-12-16-13(11-7-4-8-17-11)14(18-12)10-5-2-1-3-6-10/h4,7-8,10H,1-3,5-6,9,15H2. The predicted octanol–water partition coefficient (Wildman–Crippen LogP) is 4.38. The fourth-order valence-corrected chi connectivity index (χ4v) is 4.62. The molecule has 2 aromatic rings. The van der Waals surface area contributed by atoms with E-state index in [0.717, 1.165) is 5.01 Å². The van der Waals surface area contributed by atoms with Crippen LogP contribution in [0.5, 0.6) is 0 Å². The number of rotatable bonds is 3. The molecule has 0 radical (unpaired) electrons. The van der Waals surface area contributed by atoms with Crippen LogP contribution in [0.3, 0.4) is 0 Å². The average molecular weight is 278 g/mol. The Morgan fingerprint density at radius 2 is 2.11 bits per heavy atom. The minimum Gasteiger partial charge on any atom is -0.325 e. The van der Waals surface area contributed by atoms with Crippen LogP contribution in [0.4, 0.5) is 0 Å². The third-order valence-corrected chi connectivity index (χ3v) is 5.72. The zero-order valence-electron chi connectivity index (χ0n) is 10.4. The summed E-state index contributed by atoms with van der Waals surface area (Å²) in [5.74, 6) is 0.716. The SMILES string of the molecule is NCc1nc(-c2cccs2)c(C2CCCCC2)s1. The number of thiophene rings is 1. The first-order valence-electron chi connectivity index (χ1n) is 6.62. The van der Waals surface area contributed by atoms with Crippen molar-refractivity contribution in [3.63, 3.8) is 0 Å². The van der Waals surface area contributed by atoms with Crippen LogP contribution in [0.25, 0.3) is 10.6 Å². The van der Waals surface area contributed by atoms with Crippen LogP contribution in [-0.2, 0) is 6.54 Å². The largest absolute Gasteiger partial charge is 0.325 e. The molecule has 0 atom stereocenters. The molecule has 0 amide bonds. The van der Waals surface area contributed by atoms with Crippen LogP contribution in [0.15, 0.2) is 17.5 Å². The summed E-state index contributed by atoms with van der Waals surface area (Å²) >= 11 is 3.62. The van der Waals surface area contributed by atoms with Crippen molar-refractivity contribution in [2.45, 2.75) is 44.6 Å². The lowest BCUT2D eigenvalue weighted by Crippen LogP contribution is -2.03. The number of nitrogens with zero attached hydrogens (tertiary/aromatic N) is 1. The first-order chi connectivity index (χ1) is 8.88. The Morgan fingerprint density at radius 3 is 2.78 bits per heavy atom. The van der Waals surface area contributed by atoms with Gasteiger partial charge in [0.25, 0.3) is 0 Å². The van der Waals surface area contributed by atoms with Crippen LogP contribution < -0.4 is 5.73 Å². The van der Waals surface area contributed by atoms with E-state index in [4.69, 9.17) is 10.7 Å². The van der Waals surface area contributed by atoms with E-state index in [-0.39, 0.29) is 0 Å². The summed E-state index contributed by atoms with van der Waals surface area (Å²) in [6.45, 7) is 0.565. The molecule has 96 valence electrons. The van der Waals surface area contributed by atoms with Gasteiger partial charge >= 0.3 is 0 Å². The van der Waals surface area contributed by atoms with Gasteiger partial charge in [-0.25, -0.2) is 4.98 Å². The summed E-state index contributed by atoms with van der Waals surface area (Å²) in [7, 11) is 0. The van der Waals surface area contributed by atoms with Crippen LogP contribution in [0.2, 0.25) is 0 Å². The van der Waals surface area contributed by atoms with Gasteiger partial charge in [0.1, 0.15) is 5.01 Å². The van der Waals surface area contributed by atoms with Crippen molar-refractivity contribution in [3.05, 3.63) is 27.4 Å².